The molecule has 4 rings (SSSR count). The van der Waals surface area contributed by atoms with Gasteiger partial charge in [0.1, 0.15) is 0 Å². The highest BCUT2D eigenvalue weighted by Gasteiger charge is 2.14. The fourth-order valence-electron chi connectivity index (χ4n) is 3.72. The standard InChI is InChI=1S/C23H27N3O2S/c1-17-21(16-22(27)24-9-10-26-11-13-28-14-12-26)29-23(25-17)15-19-7-4-6-18-5-2-3-8-20(18)19/h2-8H,9-16H2,1H3,(H,24,27). The zero-order valence-electron chi connectivity index (χ0n) is 16.8. The van der Waals surface area contributed by atoms with Crippen molar-refractivity contribution >= 4 is 28.0 Å². The number of carbonyl (C=O) groups is 1. The summed E-state index contributed by atoms with van der Waals surface area (Å²) in [6, 6.07) is 14.8. The number of aryl methyl sites for hydroxylation is 1. The Balaban J connectivity index is 1.34. The van der Waals surface area contributed by atoms with E-state index < -0.39 is 0 Å². The summed E-state index contributed by atoms with van der Waals surface area (Å²) in [5, 5.41) is 6.63. The zero-order chi connectivity index (χ0) is 20.1. The molecule has 6 heteroatoms. The minimum atomic E-state index is 0.0710. The second-order valence-corrected chi connectivity index (χ2v) is 8.58. The average Bonchev–Trinajstić information content (AvgIpc) is 3.07. The number of fused-ring (bicyclic) bond motifs is 1. The largest absolute Gasteiger partial charge is 0.379 e. The van der Waals surface area contributed by atoms with Gasteiger partial charge in [0.05, 0.1) is 30.3 Å². The number of morpholine rings is 1. The van der Waals surface area contributed by atoms with Gasteiger partial charge in [-0.3, -0.25) is 9.69 Å². The van der Waals surface area contributed by atoms with Crippen molar-refractivity contribution in [2.24, 2.45) is 0 Å². The van der Waals surface area contributed by atoms with Crippen LogP contribution in [0.25, 0.3) is 10.8 Å². The predicted octanol–water partition coefficient (Wildman–Crippen LogP) is 3.19. The first-order valence-corrected chi connectivity index (χ1v) is 11.0. The maximum atomic E-state index is 12.4. The van der Waals surface area contributed by atoms with Crippen LogP contribution in [-0.2, 0) is 22.4 Å². The molecular weight excluding hydrogens is 382 g/mol. The van der Waals surface area contributed by atoms with Crippen LogP contribution in [0.5, 0.6) is 0 Å². The Bertz CT molecular complexity index is 974. The van der Waals surface area contributed by atoms with Gasteiger partial charge in [0.25, 0.3) is 0 Å². The molecule has 0 atom stereocenters. The van der Waals surface area contributed by atoms with Gasteiger partial charge in [0, 0.05) is 37.5 Å². The number of hydrogen-bond acceptors (Lipinski definition) is 5. The Labute approximate surface area is 175 Å². The van der Waals surface area contributed by atoms with E-state index in [4.69, 9.17) is 9.72 Å². The number of benzene rings is 2. The van der Waals surface area contributed by atoms with E-state index in [9.17, 15) is 4.79 Å². The second kappa shape index (κ2) is 9.48. The molecule has 1 fully saturated rings. The third-order valence-electron chi connectivity index (χ3n) is 5.33. The number of aromatic nitrogens is 1. The molecule has 0 saturated carbocycles. The molecule has 29 heavy (non-hydrogen) atoms. The van der Waals surface area contributed by atoms with Crippen LogP contribution in [0.1, 0.15) is 21.1 Å². The number of thiazole rings is 1. The summed E-state index contributed by atoms with van der Waals surface area (Å²) in [6.07, 6.45) is 1.20. The van der Waals surface area contributed by atoms with Crippen molar-refractivity contribution in [3.8, 4) is 0 Å². The van der Waals surface area contributed by atoms with E-state index in [1.54, 1.807) is 11.3 Å². The summed E-state index contributed by atoms with van der Waals surface area (Å²) in [5.74, 6) is 0.0710. The lowest BCUT2D eigenvalue weighted by atomic mass is 10.0. The first kappa shape index (κ1) is 20.0. The quantitative estimate of drug-likeness (QED) is 0.651. The molecule has 1 N–H and O–H groups in total. The van der Waals surface area contributed by atoms with Gasteiger partial charge < -0.3 is 10.1 Å². The molecule has 1 aliphatic rings. The van der Waals surface area contributed by atoms with Gasteiger partial charge in [-0.15, -0.1) is 11.3 Å². The zero-order valence-corrected chi connectivity index (χ0v) is 17.6. The van der Waals surface area contributed by atoms with Gasteiger partial charge in [-0.25, -0.2) is 4.98 Å². The molecule has 2 heterocycles. The van der Waals surface area contributed by atoms with Gasteiger partial charge in [0.2, 0.25) is 5.91 Å². The van der Waals surface area contributed by atoms with Crippen molar-refractivity contribution < 1.29 is 9.53 Å². The lowest BCUT2D eigenvalue weighted by molar-refractivity contribution is -0.120. The normalized spacial score (nSPS) is 14.9. The fraction of sp³-hybridized carbons (Fsp3) is 0.391. The summed E-state index contributed by atoms with van der Waals surface area (Å²) in [7, 11) is 0. The number of amides is 1. The van der Waals surface area contributed by atoms with Crippen molar-refractivity contribution in [3.05, 3.63) is 63.6 Å². The van der Waals surface area contributed by atoms with E-state index in [2.05, 4.69) is 52.7 Å². The SMILES string of the molecule is Cc1nc(Cc2cccc3ccccc23)sc1CC(=O)NCCN1CCOCC1. The number of rotatable bonds is 7. The minimum Gasteiger partial charge on any atom is -0.379 e. The van der Waals surface area contributed by atoms with E-state index in [1.807, 2.05) is 6.92 Å². The average molecular weight is 410 g/mol. The number of nitrogens with zero attached hydrogens (tertiary/aromatic N) is 2. The molecule has 0 radical (unpaired) electrons. The molecule has 2 aromatic carbocycles. The van der Waals surface area contributed by atoms with Gasteiger partial charge in [-0.05, 0) is 23.3 Å². The minimum absolute atomic E-state index is 0.0710. The third-order valence-corrected chi connectivity index (χ3v) is 6.49. The highest BCUT2D eigenvalue weighted by atomic mass is 32.1. The Morgan fingerprint density at radius 3 is 2.83 bits per heavy atom. The van der Waals surface area contributed by atoms with E-state index >= 15 is 0 Å². The van der Waals surface area contributed by atoms with Crippen molar-refractivity contribution in [1.82, 2.24) is 15.2 Å². The highest BCUT2D eigenvalue weighted by Crippen LogP contribution is 2.25. The second-order valence-electron chi connectivity index (χ2n) is 7.41. The van der Waals surface area contributed by atoms with Crippen molar-refractivity contribution in [3.63, 3.8) is 0 Å². The fourth-order valence-corrected chi connectivity index (χ4v) is 4.82. The predicted molar refractivity (Wildman–Crippen MR) is 118 cm³/mol. The van der Waals surface area contributed by atoms with Crippen LogP contribution in [0, 0.1) is 6.92 Å². The summed E-state index contributed by atoms with van der Waals surface area (Å²) < 4.78 is 5.35. The molecule has 1 aromatic heterocycles. The smallest absolute Gasteiger partial charge is 0.225 e. The summed E-state index contributed by atoms with van der Waals surface area (Å²) in [6.45, 7) is 7.02. The van der Waals surface area contributed by atoms with E-state index in [0.717, 1.165) is 54.8 Å². The maximum Gasteiger partial charge on any atom is 0.225 e. The van der Waals surface area contributed by atoms with E-state index in [-0.39, 0.29) is 5.91 Å². The summed E-state index contributed by atoms with van der Waals surface area (Å²) >= 11 is 1.65. The number of hydrogen-bond donors (Lipinski definition) is 1. The van der Waals surface area contributed by atoms with Gasteiger partial charge in [-0.2, -0.15) is 0 Å². The molecule has 0 spiro atoms. The first-order valence-electron chi connectivity index (χ1n) is 10.2. The Morgan fingerprint density at radius 1 is 1.17 bits per heavy atom. The van der Waals surface area contributed by atoms with Crippen molar-refractivity contribution in [2.75, 3.05) is 39.4 Å². The number of nitrogens with one attached hydrogen (secondary N) is 1. The van der Waals surface area contributed by atoms with Crippen molar-refractivity contribution in [2.45, 2.75) is 19.8 Å². The maximum absolute atomic E-state index is 12.4. The third kappa shape index (κ3) is 5.21. The lowest BCUT2D eigenvalue weighted by Crippen LogP contribution is -2.41. The molecule has 1 amide bonds. The number of carbonyl (C=O) groups excluding carboxylic acids is 1. The van der Waals surface area contributed by atoms with Crippen LogP contribution < -0.4 is 5.32 Å². The molecule has 1 aliphatic heterocycles. The number of ether oxygens (including phenoxy) is 1. The molecule has 1 saturated heterocycles. The topological polar surface area (TPSA) is 54.5 Å². The molecule has 0 unspecified atom stereocenters. The van der Waals surface area contributed by atoms with Crippen LogP contribution in [0.15, 0.2) is 42.5 Å². The molecule has 0 aliphatic carbocycles. The van der Waals surface area contributed by atoms with E-state index in [1.165, 1.54) is 16.3 Å². The Hall–Kier alpha value is -2.28. The Kier molecular flexibility index (Phi) is 6.54. The van der Waals surface area contributed by atoms with Gasteiger partial charge in [0.15, 0.2) is 0 Å². The Morgan fingerprint density at radius 2 is 1.97 bits per heavy atom. The molecular formula is C23H27N3O2S. The summed E-state index contributed by atoms with van der Waals surface area (Å²) in [4.78, 5) is 20.5. The molecule has 152 valence electrons. The van der Waals surface area contributed by atoms with Crippen molar-refractivity contribution in [1.29, 1.82) is 0 Å². The summed E-state index contributed by atoms with van der Waals surface area (Å²) in [5.41, 5.74) is 2.24. The van der Waals surface area contributed by atoms with Crippen LogP contribution in [0.2, 0.25) is 0 Å². The van der Waals surface area contributed by atoms with Crippen LogP contribution in [0.3, 0.4) is 0 Å². The highest BCUT2D eigenvalue weighted by molar-refractivity contribution is 7.11. The lowest BCUT2D eigenvalue weighted by Gasteiger charge is -2.26. The van der Waals surface area contributed by atoms with Gasteiger partial charge in [-0.1, -0.05) is 42.5 Å². The monoisotopic (exact) mass is 409 g/mol. The van der Waals surface area contributed by atoms with Crippen LogP contribution in [0.4, 0.5) is 0 Å². The van der Waals surface area contributed by atoms with E-state index in [0.29, 0.717) is 13.0 Å². The van der Waals surface area contributed by atoms with Crippen LogP contribution >= 0.6 is 11.3 Å². The molecule has 0 bridgehead atoms. The van der Waals surface area contributed by atoms with Crippen LogP contribution in [-0.4, -0.2) is 55.2 Å². The molecule has 3 aromatic rings. The first-order chi connectivity index (χ1) is 14.2. The van der Waals surface area contributed by atoms with Gasteiger partial charge >= 0.3 is 0 Å². The molecule has 5 nitrogen and oxygen atoms in total.